The molecule has 0 atom stereocenters. The van der Waals surface area contributed by atoms with Crippen molar-refractivity contribution in [3.63, 3.8) is 0 Å². The van der Waals surface area contributed by atoms with Crippen LogP contribution in [-0.4, -0.2) is 4.40 Å². The number of benzene rings is 13. The highest BCUT2D eigenvalue weighted by molar-refractivity contribution is 6.32. The second-order valence-corrected chi connectivity index (χ2v) is 24.9. The van der Waals surface area contributed by atoms with E-state index in [0.29, 0.717) is 0 Å². The summed E-state index contributed by atoms with van der Waals surface area (Å²) < 4.78 is 2.58. The Morgan fingerprint density at radius 3 is 1.35 bits per heavy atom. The first-order valence-corrected chi connectivity index (χ1v) is 30.1. The van der Waals surface area contributed by atoms with Gasteiger partial charge >= 0.3 is 0 Å². The van der Waals surface area contributed by atoms with Crippen molar-refractivity contribution < 1.29 is 0 Å². The topological polar surface area (TPSA) is 10.9 Å². The molecular formula is C83H63N3. The average Bonchev–Trinajstić information content (AvgIpc) is 1.56. The van der Waals surface area contributed by atoms with Gasteiger partial charge in [0, 0.05) is 55.4 Å². The van der Waals surface area contributed by atoms with E-state index in [1.807, 2.05) is 0 Å². The van der Waals surface area contributed by atoms with Crippen molar-refractivity contribution in [2.75, 3.05) is 9.80 Å². The van der Waals surface area contributed by atoms with E-state index in [-0.39, 0.29) is 10.8 Å². The zero-order valence-corrected chi connectivity index (χ0v) is 49.1. The van der Waals surface area contributed by atoms with Crippen molar-refractivity contribution in [3.05, 3.63) is 308 Å². The van der Waals surface area contributed by atoms with Crippen LogP contribution in [0.3, 0.4) is 0 Å². The van der Waals surface area contributed by atoms with E-state index in [9.17, 15) is 0 Å². The van der Waals surface area contributed by atoms with Gasteiger partial charge in [0.25, 0.3) is 0 Å². The maximum Gasteiger partial charge on any atom is 0.0641 e. The summed E-state index contributed by atoms with van der Waals surface area (Å²) in [7, 11) is 0. The van der Waals surface area contributed by atoms with Gasteiger partial charge in [-0.05, 0) is 173 Å². The lowest BCUT2D eigenvalue weighted by molar-refractivity contribution is 0.591. The van der Waals surface area contributed by atoms with Gasteiger partial charge in [-0.2, -0.15) is 0 Å². The van der Waals surface area contributed by atoms with Gasteiger partial charge in [-0.3, -0.25) is 0 Å². The summed E-state index contributed by atoms with van der Waals surface area (Å²) in [6.07, 6.45) is 0. The number of anilines is 6. The minimum atomic E-state index is -0.273. The highest BCUT2D eigenvalue weighted by Gasteiger charge is 2.38. The minimum Gasteiger partial charge on any atom is -0.310 e. The second kappa shape index (κ2) is 19.8. The van der Waals surface area contributed by atoms with Crippen molar-refractivity contribution in [1.29, 1.82) is 0 Å². The zero-order valence-electron chi connectivity index (χ0n) is 49.1. The molecule has 2 heterocycles. The molecule has 0 unspecified atom stereocenters. The fraction of sp³-hybridized carbons (Fsp3) is 0.0843. The third-order valence-corrected chi connectivity index (χ3v) is 18.4. The fourth-order valence-corrected chi connectivity index (χ4v) is 14.1. The molecule has 0 fully saturated rings. The van der Waals surface area contributed by atoms with Crippen molar-refractivity contribution in [3.8, 4) is 55.6 Å². The summed E-state index contributed by atoms with van der Waals surface area (Å²) in [4.78, 5) is 4.93. The summed E-state index contributed by atoms with van der Waals surface area (Å²) in [5.41, 5.74) is 26.2. The molecule has 1 aliphatic carbocycles. The van der Waals surface area contributed by atoms with Crippen LogP contribution in [0.15, 0.2) is 291 Å². The van der Waals surface area contributed by atoms with E-state index >= 15 is 0 Å². The lowest BCUT2D eigenvalue weighted by Crippen LogP contribution is -2.16. The normalized spacial score (nSPS) is 12.8. The van der Waals surface area contributed by atoms with E-state index in [1.54, 1.807) is 0 Å². The van der Waals surface area contributed by atoms with Crippen LogP contribution < -0.4 is 9.80 Å². The van der Waals surface area contributed by atoms with E-state index in [2.05, 4.69) is 340 Å². The lowest BCUT2D eigenvalue weighted by Gasteiger charge is -2.28. The highest BCUT2D eigenvalue weighted by Crippen LogP contribution is 2.56. The summed E-state index contributed by atoms with van der Waals surface area (Å²) >= 11 is 0. The van der Waals surface area contributed by atoms with Crippen LogP contribution in [0.25, 0.3) is 105 Å². The molecule has 16 rings (SSSR count). The number of aromatic nitrogens is 1. The van der Waals surface area contributed by atoms with Gasteiger partial charge in [0.05, 0.1) is 22.2 Å². The van der Waals surface area contributed by atoms with Crippen LogP contribution in [0.5, 0.6) is 0 Å². The molecule has 410 valence electrons. The molecule has 13 aromatic carbocycles. The second-order valence-electron chi connectivity index (χ2n) is 24.9. The Morgan fingerprint density at radius 1 is 0.314 bits per heavy atom. The van der Waals surface area contributed by atoms with Crippen molar-refractivity contribution in [1.82, 2.24) is 4.40 Å². The highest BCUT2D eigenvalue weighted by atomic mass is 15.2. The van der Waals surface area contributed by atoms with E-state index in [4.69, 9.17) is 0 Å². The molecule has 0 saturated carbocycles. The van der Waals surface area contributed by atoms with E-state index in [0.717, 1.165) is 34.1 Å². The molecule has 0 spiro atoms. The Hall–Kier alpha value is -10.5. The third kappa shape index (κ3) is 8.25. The smallest absolute Gasteiger partial charge is 0.0641 e. The van der Waals surface area contributed by atoms with Crippen LogP contribution in [-0.2, 0) is 10.8 Å². The number of rotatable bonds is 10. The Bertz CT molecular complexity index is 5070. The predicted molar refractivity (Wildman–Crippen MR) is 366 cm³/mol. The number of hydrogen-bond donors (Lipinski definition) is 0. The first-order valence-electron chi connectivity index (χ1n) is 30.1. The van der Waals surface area contributed by atoms with Crippen molar-refractivity contribution >= 4 is 83.0 Å². The Labute approximate surface area is 503 Å². The molecule has 3 heteroatoms. The maximum absolute atomic E-state index is 2.58. The summed E-state index contributed by atoms with van der Waals surface area (Å²) in [6.45, 7) is 11.8. The summed E-state index contributed by atoms with van der Waals surface area (Å²) in [5.74, 6) is 0. The molecule has 0 amide bonds. The molecule has 1 aliphatic rings. The Morgan fingerprint density at radius 2 is 0.779 bits per heavy atom. The minimum absolute atomic E-state index is 0.0549. The molecule has 0 N–H and O–H groups in total. The first-order chi connectivity index (χ1) is 42.0. The van der Waals surface area contributed by atoms with Gasteiger partial charge in [0.15, 0.2) is 0 Å². The molecule has 3 nitrogen and oxygen atoms in total. The van der Waals surface area contributed by atoms with Gasteiger partial charge in [0.2, 0.25) is 0 Å². The standard InChI is InChI=1S/C83H63N3/c1-82(2,3)62-36-47-75-72(52-62)80-77(85(64-39-34-59(35-40-64)55-22-12-7-13-23-55)66-31-19-29-61(51-66)57-26-16-9-17-27-57)49-45-71-79-69-43-46-73-78(68(69)44-48-76(79)86(75)81(71)80)70-42-41-67(53-74(70)83(73,4)5)84(63-37-32-58(33-38-63)54-20-10-6-11-21-54)65-30-18-28-60(50-65)56-24-14-8-15-25-56/h6-53H,1-5H3. The molecule has 0 bridgehead atoms. The van der Waals surface area contributed by atoms with Gasteiger partial charge in [-0.25, -0.2) is 0 Å². The summed E-state index contributed by atoms with van der Waals surface area (Å²) in [6, 6.07) is 108. The molecule has 0 aliphatic heterocycles. The first kappa shape index (κ1) is 51.2. The average molecular weight is 1100 g/mol. The predicted octanol–water partition coefficient (Wildman–Crippen LogP) is 23.2. The molecule has 86 heavy (non-hydrogen) atoms. The van der Waals surface area contributed by atoms with Gasteiger partial charge in [-0.15, -0.1) is 0 Å². The van der Waals surface area contributed by atoms with Gasteiger partial charge in [0.1, 0.15) is 0 Å². The third-order valence-electron chi connectivity index (χ3n) is 18.4. The van der Waals surface area contributed by atoms with Gasteiger partial charge < -0.3 is 14.2 Å². The zero-order chi connectivity index (χ0) is 57.8. The molecular weight excluding hydrogens is 1040 g/mol. The van der Waals surface area contributed by atoms with Crippen molar-refractivity contribution in [2.45, 2.75) is 45.4 Å². The quantitative estimate of drug-likeness (QED) is 0.135. The monoisotopic (exact) mass is 1100 g/mol. The largest absolute Gasteiger partial charge is 0.310 e. The van der Waals surface area contributed by atoms with Crippen LogP contribution in [0.2, 0.25) is 0 Å². The van der Waals surface area contributed by atoms with Crippen LogP contribution in [0.1, 0.15) is 51.3 Å². The fourth-order valence-electron chi connectivity index (χ4n) is 14.1. The summed E-state index contributed by atoms with van der Waals surface area (Å²) in [5, 5.41) is 7.61. The molecule has 15 aromatic rings. The lowest BCUT2D eigenvalue weighted by atomic mass is 9.81. The van der Waals surface area contributed by atoms with Gasteiger partial charge in [-0.1, -0.05) is 241 Å². The van der Waals surface area contributed by atoms with E-state index in [1.165, 1.54) is 121 Å². The van der Waals surface area contributed by atoms with Crippen LogP contribution in [0.4, 0.5) is 34.1 Å². The van der Waals surface area contributed by atoms with E-state index < -0.39 is 0 Å². The maximum atomic E-state index is 2.58. The van der Waals surface area contributed by atoms with Crippen molar-refractivity contribution in [2.24, 2.45) is 0 Å². The van der Waals surface area contributed by atoms with Crippen LogP contribution in [0, 0.1) is 0 Å². The Balaban J connectivity index is 0.887. The molecule has 0 saturated heterocycles. The Kier molecular flexibility index (Phi) is 11.8. The molecule has 0 radical (unpaired) electrons. The number of nitrogens with zero attached hydrogens (tertiary/aromatic N) is 3. The SMILES string of the molecule is CC(C)(C)c1ccc2c(c1)c1c(N(c3ccc(-c4ccccc4)cc3)c3cccc(-c4ccccc4)c3)ccc3c4c5ccc6c(c5ccc4n2c31)-c1ccc(N(c2ccc(-c3ccccc3)cc2)c2cccc(-c3ccccc3)c2)cc1C6(C)C. The molecule has 2 aromatic heterocycles. The van der Waals surface area contributed by atoms with Crippen LogP contribution >= 0.6 is 0 Å². The number of fused-ring (bicyclic) bond motifs is 12. The number of hydrogen-bond acceptors (Lipinski definition) is 2.